The van der Waals surface area contributed by atoms with E-state index in [0.717, 1.165) is 130 Å². The summed E-state index contributed by atoms with van der Waals surface area (Å²) in [5.41, 5.74) is 7.84. The molecule has 5 heterocycles. The van der Waals surface area contributed by atoms with Gasteiger partial charge in [-0.2, -0.15) is 0 Å². The molecule has 0 aliphatic heterocycles. The van der Waals surface area contributed by atoms with Gasteiger partial charge >= 0.3 is 58.5 Å². The second kappa shape index (κ2) is 40.7. The van der Waals surface area contributed by atoms with Gasteiger partial charge in [0.15, 0.2) is 5.76 Å². The number of rotatable bonds is 15. The Bertz CT molecular complexity index is 3300. The topological polar surface area (TPSA) is 165 Å². The number of furan rings is 2. The first-order valence-corrected chi connectivity index (χ1v) is 25.9. The van der Waals surface area contributed by atoms with Crippen molar-refractivity contribution in [2.75, 3.05) is 92.2 Å². The molecule has 0 aliphatic carbocycles. The number of benzene rings is 5. The summed E-state index contributed by atoms with van der Waals surface area (Å²) < 4.78 is 11.1. The van der Waals surface area contributed by atoms with Crippen LogP contribution in [0.1, 0.15) is 28.1 Å². The van der Waals surface area contributed by atoms with Crippen molar-refractivity contribution in [3.8, 4) is 11.5 Å². The van der Waals surface area contributed by atoms with Crippen molar-refractivity contribution < 1.29 is 71.7 Å². The van der Waals surface area contributed by atoms with E-state index in [9.17, 15) is 0 Å². The van der Waals surface area contributed by atoms with Crippen LogP contribution >= 0.6 is 84.4 Å². The molecule has 81 heavy (non-hydrogen) atoms. The minimum Gasteiger partial charge on any atom is -1.00 e. The average molecular weight is 1270 g/mol. The molecule has 0 saturated heterocycles. The zero-order chi connectivity index (χ0) is 53.7. The van der Waals surface area contributed by atoms with Gasteiger partial charge in [0.1, 0.15) is 49.6 Å². The summed E-state index contributed by atoms with van der Waals surface area (Å²) in [6.07, 6.45) is 3.25. The summed E-state index contributed by atoms with van der Waals surface area (Å²) in [6, 6.07) is 49.0. The van der Waals surface area contributed by atoms with Crippen LogP contribution < -0.4 is 73.4 Å². The van der Waals surface area contributed by atoms with Gasteiger partial charge in [0.25, 0.3) is 0 Å². The Morgan fingerprint density at radius 3 is 1.36 bits per heavy atom. The summed E-state index contributed by atoms with van der Waals surface area (Å²) in [4.78, 5) is 19.7. The Hall–Kier alpha value is -3.50. The number of hydrogen-bond acceptors (Lipinski definition) is 13. The molecule has 10 rings (SSSR count). The van der Waals surface area contributed by atoms with E-state index in [1.165, 1.54) is 0 Å². The number of para-hydroxylation sites is 2. The number of halogens is 7. The largest absolute Gasteiger partial charge is 1.00 e. The fourth-order valence-corrected chi connectivity index (χ4v) is 8.45. The molecule has 0 spiro atoms. The second-order valence-corrected chi connectivity index (χ2v) is 19.5. The van der Waals surface area contributed by atoms with Crippen LogP contribution in [0.25, 0.3) is 65.7 Å². The maximum atomic E-state index is 8.79. The van der Waals surface area contributed by atoms with E-state index in [0.29, 0.717) is 21.0 Å². The zero-order valence-electron chi connectivity index (χ0n) is 47.1. The molecule has 0 atom stereocenters. The first-order chi connectivity index (χ1) is 36.2. The number of nitrogens with zero attached hydrogens (tertiary/aromatic N) is 6. The molecular formula is C59H76BCl7KN9O4. The minimum atomic E-state index is -1.53. The van der Waals surface area contributed by atoms with E-state index in [1.54, 1.807) is 18.2 Å². The molecule has 22 heteroatoms. The zero-order valence-corrected chi connectivity index (χ0v) is 54.8. The van der Waals surface area contributed by atoms with Gasteiger partial charge < -0.3 is 51.4 Å². The van der Waals surface area contributed by atoms with Gasteiger partial charge in [0, 0.05) is 40.0 Å². The number of aromatic nitrogens is 3. The van der Waals surface area contributed by atoms with Gasteiger partial charge in [0.2, 0.25) is 0 Å². The Labute approximate surface area is 561 Å². The van der Waals surface area contributed by atoms with Crippen LogP contribution in [0.3, 0.4) is 0 Å². The van der Waals surface area contributed by atoms with Gasteiger partial charge in [0.05, 0.1) is 0 Å². The maximum absolute atomic E-state index is 8.79. The van der Waals surface area contributed by atoms with Crippen molar-refractivity contribution in [3.05, 3.63) is 167 Å². The summed E-state index contributed by atoms with van der Waals surface area (Å²) >= 11 is 17.6. The molecule has 434 valence electrons. The van der Waals surface area contributed by atoms with E-state index >= 15 is 0 Å². The molecule has 5 aromatic heterocycles. The summed E-state index contributed by atoms with van der Waals surface area (Å²) in [6.45, 7) is 5.81. The molecule has 0 unspecified atom stereocenters. The number of nitrogens with two attached hydrogens (primary N) is 1. The fraction of sp³-hybridized carbons (Fsp3) is 0.271. The number of hydrogen-bond donors (Lipinski definition) is 5. The quantitative estimate of drug-likeness (QED) is 0.0374. The van der Waals surface area contributed by atoms with E-state index in [-0.39, 0.29) is 116 Å². The monoisotopic (exact) mass is 1270 g/mol. The van der Waals surface area contributed by atoms with Crippen LogP contribution in [0.2, 0.25) is 15.5 Å². The number of pyridine rings is 3. The Morgan fingerprint density at radius 1 is 0.506 bits per heavy atom. The number of fused-ring (bicyclic) bond motifs is 5. The van der Waals surface area contributed by atoms with Crippen LogP contribution in [0.5, 0.6) is 0 Å². The molecule has 0 amide bonds. The number of anilines is 2. The first kappa shape index (κ1) is 77.5. The fourth-order valence-electron chi connectivity index (χ4n) is 7.74. The van der Waals surface area contributed by atoms with Crippen LogP contribution in [-0.2, 0) is 0 Å². The van der Waals surface area contributed by atoms with Gasteiger partial charge in [-0.3, -0.25) is 0 Å². The normalized spacial score (nSPS) is 10.2. The van der Waals surface area contributed by atoms with Crippen LogP contribution in [0, 0.1) is 0 Å². The molecule has 10 aromatic rings. The van der Waals surface area contributed by atoms with Crippen molar-refractivity contribution in [1.82, 2.24) is 29.7 Å². The van der Waals surface area contributed by atoms with E-state index in [1.807, 2.05) is 84.9 Å². The van der Waals surface area contributed by atoms with E-state index < -0.39 is 7.12 Å². The summed E-state index contributed by atoms with van der Waals surface area (Å²) in [5, 5.41) is 34.3. The van der Waals surface area contributed by atoms with Crippen LogP contribution in [0.15, 0.2) is 160 Å². The molecule has 6 N–H and O–H groups in total. The van der Waals surface area contributed by atoms with E-state index in [4.69, 9.17) is 64.4 Å². The molecule has 0 aliphatic rings. The molecule has 0 saturated carbocycles. The van der Waals surface area contributed by atoms with Gasteiger partial charge in [-0.05, 0) is 146 Å². The van der Waals surface area contributed by atoms with Crippen molar-refractivity contribution in [1.29, 1.82) is 0 Å². The van der Waals surface area contributed by atoms with Crippen molar-refractivity contribution in [2.24, 2.45) is 5.73 Å². The van der Waals surface area contributed by atoms with Crippen molar-refractivity contribution in [2.45, 2.75) is 26.7 Å². The van der Waals surface area contributed by atoms with Crippen LogP contribution in [-0.4, -0.2) is 128 Å². The Balaban J connectivity index is 0. The third-order valence-corrected chi connectivity index (χ3v) is 12.1. The molecule has 0 fully saturated rings. The third-order valence-electron chi connectivity index (χ3n) is 11.4. The Morgan fingerprint density at radius 2 is 0.901 bits per heavy atom. The van der Waals surface area contributed by atoms with Gasteiger partial charge in [-0.15, -0.1) is 49.6 Å². The van der Waals surface area contributed by atoms with Gasteiger partial charge in [-0.1, -0.05) is 151 Å². The average Bonchev–Trinajstić information content (AvgIpc) is 4.10. The standard InChI is InChI=1S/C22H23N3O.C14H18ClN3.C9H5Cl2N.C8H7BO3.C5H14N2.CH4.4ClH.K.H/c1-25(2)13-7-12-23-22-18-10-5-3-8-16(18)14-19(24-22)21-15-17-9-4-6-11-20(17)26-21;1-18(2)9-5-8-16-14-12-7-4-3-6-11(12)10-13(15)17-14;10-8-5-6-3-1-2-4-7(6)9(11)12-8;10-9(11)8-5-6-3-1-2-4-7(6)12-8;1-7(2)5-3-4-6;;;;;;;/h3-6,8-11,14-15H,7,12-13H2,1-2H3,(H,23,24);3-4,6-7,10H,5,8-9H2,1-2H3,(H,16,17);1-5H;1-5,10-11H;3-6H2,1-2H3;1H4;4*1H;;/q;;;;;;;;;;+1;-1. The van der Waals surface area contributed by atoms with Crippen LogP contribution in [0.4, 0.5) is 11.6 Å². The minimum absolute atomic E-state index is 0. The smallest absolute Gasteiger partial charge is 1.00 e. The first-order valence-electron chi connectivity index (χ1n) is 24.8. The second-order valence-electron chi connectivity index (χ2n) is 18.4. The maximum Gasteiger partial charge on any atom is 1.00 e. The molecular weight excluding hydrogens is 1200 g/mol. The molecule has 0 bridgehead atoms. The SMILES string of the molecule is C.CN(C)CCCN.CN(C)CCCNc1nc(-c2cc3ccccc3o2)cc2ccccc12.CN(C)CCCNc1nc(Cl)cc2ccccc12.Cl.Cl.Cl.Cl.Clc1cc2ccccc2c(Cl)n1.OB(O)c1cc2ccccc2o1.[H-].[K+]. The summed E-state index contributed by atoms with van der Waals surface area (Å²) in [5.74, 6) is 2.59. The Kier molecular flexibility index (Phi) is 39.0. The third kappa shape index (κ3) is 25.3. The van der Waals surface area contributed by atoms with Crippen molar-refractivity contribution in [3.63, 3.8) is 0 Å². The molecule has 0 radical (unpaired) electrons. The van der Waals surface area contributed by atoms with Crippen molar-refractivity contribution >= 4 is 163 Å². The number of nitrogens with one attached hydrogen (secondary N) is 2. The molecule has 13 nitrogen and oxygen atoms in total. The molecule has 5 aromatic carbocycles. The van der Waals surface area contributed by atoms with E-state index in [2.05, 4.69) is 126 Å². The van der Waals surface area contributed by atoms with Gasteiger partial charge in [-0.25, -0.2) is 15.0 Å². The summed E-state index contributed by atoms with van der Waals surface area (Å²) in [7, 11) is 10.9. The predicted molar refractivity (Wildman–Crippen MR) is 354 cm³/mol. The predicted octanol–water partition coefficient (Wildman–Crippen LogP) is 11.3.